The molecule has 0 aliphatic carbocycles. The van der Waals surface area contributed by atoms with Crippen molar-refractivity contribution < 1.29 is 4.39 Å². The maximum absolute atomic E-state index is 14.4. The summed E-state index contributed by atoms with van der Waals surface area (Å²) in [6, 6.07) is 19.7. The van der Waals surface area contributed by atoms with Gasteiger partial charge in [0.1, 0.15) is 5.82 Å². The van der Waals surface area contributed by atoms with E-state index in [1.54, 1.807) is 6.07 Å². The molecule has 0 N–H and O–H groups in total. The molecule has 100 valence electrons. The average Bonchev–Trinajstić information content (AvgIpc) is 2.47. The maximum atomic E-state index is 14.4. The first-order valence-electron chi connectivity index (χ1n) is 7.06. The van der Waals surface area contributed by atoms with Gasteiger partial charge in [0.2, 0.25) is 0 Å². The summed E-state index contributed by atoms with van der Waals surface area (Å²) in [6.07, 6.45) is 1.96. The van der Waals surface area contributed by atoms with Crippen LogP contribution in [0.2, 0.25) is 0 Å². The number of rotatable bonds is 3. The average molecular weight is 264 g/mol. The fraction of sp³-hybridized carbons (Fsp3) is 0.158. The number of hydrogen-bond acceptors (Lipinski definition) is 0. The topological polar surface area (TPSA) is 0 Å². The predicted molar refractivity (Wildman–Crippen MR) is 83.3 cm³/mol. The fourth-order valence-electron chi connectivity index (χ4n) is 2.68. The van der Waals surface area contributed by atoms with E-state index in [2.05, 4.69) is 19.1 Å². The van der Waals surface area contributed by atoms with Crippen LogP contribution < -0.4 is 0 Å². The Hall–Kier alpha value is -2.15. The van der Waals surface area contributed by atoms with Crippen LogP contribution in [-0.2, 0) is 6.42 Å². The van der Waals surface area contributed by atoms with Crippen LogP contribution in [0.4, 0.5) is 4.39 Å². The van der Waals surface area contributed by atoms with E-state index in [9.17, 15) is 4.39 Å². The normalized spacial score (nSPS) is 10.9. The molecular formula is C19H17F. The summed E-state index contributed by atoms with van der Waals surface area (Å²) in [5, 5.41) is 2.24. The molecule has 20 heavy (non-hydrogen) atoms. The first-order valence-corrected chi connectivity index (χ1v) is 7.06. The van der Waals surface area contributed by atoms with Gasteiger partial charge in [-0.1, -0.05) is 67.9 Å². The Bertz CT molecular complexity index is 738. The van der Waals surface area contributed by atoms with Gasteiger partial charge in [0.05, 0.1) is 0 Å². The number of hydrogen-bond donors (Lipinski definition) is 0. The van der Waals surface area contributed by atoms with Gasteiger partial charge in [0.25, 0.3) is 0 Å². The molecule has 0 spiro atoms. The summed E-state index contributed by atoms with van der Waals surface area (Å²) in [6.45, 7) is 2.11. The molecule has 0 amide bonds. The molecule has 0 saturated carbocycles. The van der Waals surface area contributed by atoms with Crippen molar-refractivity contribution in [2.75, 3.05) is 0 Å². The SMILES string of the molecule is CCCc1ccc(-c2cccc3ccccc23)c(F)c1. The molecule has 3 rings (SSSR count). The molecule has 0 nitrogen and oxygen atoms in total. The third-order valence-electron chi connectivity index (χ3n) is 3.65. The minimum absolute atomic E-state index is 0.132. The van der Waals surface area contributed by atoms with E-state index in [-0.39, 0.29) is 5.82 Å². The Balaban J connectivity index is 2.16. The number of halogens is 1. The zero-order chi connectivity index (χ0) is 13.9. The van der Waals surface area contributed by atoms with Crippen LogP contribution >= 0.6 is 0 Å². The highest BCUT2D eigenvalue weighted by atomic mass is 19.1. The van der Waals surface area contributed by atoms with Gasteiger partial charge in [0, 0.05) is 5.56 Å². The molecule has 0 unspecified atom stereocenters. The van der Waals surface area contributed by atoms with Crippen molar-refractivity contribution in [2.45, 2.75) is 19.8 Å². The van der Waals surface area contributed by atoms with Crippen LogP contribution in [-0.4, -0.2) is 0 Å². The number of fused-ring (bicyclic) bond motifs is 1. The van der Waals surface area contributed by atoms with Crippen LogP contribution in [0.15, 0.2) is 60.7 Å². The summed E-state index contributed by atoms with van der Waals surface area (Å²) >= 11 is 0. The molecule has 0 saturated heterocycles. The van der Waals surface area contributed by atoms with Crippen LogP contribution in [0.25, 0.3) is 21.9 Å². The predicted octanol–water partition coefficient (Wildman–Crippen LogP) is 5.60. The van der Waals surface area contributed by atoms with Gasteiger partial charge in [0.15, 0.2) is 0 Å². The highest BCUT2D eigenvalue weighted by Crippen LogP contribution is 2.30. The van der Waals surface area contributed by atoms with Crippen LogP contribution in [0.1, 0.15) is 18.9 Å². The highest BCUT2D eigenvalue weighted by molar-refractivity contribution is 5.96. The molecule has 3 aromatic carbocycles. The lowest BCUT2D eigenvalue weighted by Crippen LogP contribution is -1.90. The van der Waals surface area contributed by atoms with Gasteiger partial charge in [-0.15, -0.1) is 0 Å². The zero-order valence-corrected chi connectivity index (χ0v) is 11.6. The fourth-order valence-corrected chi connectivity index (χ4v) is 2.68. The largest absolute Gasteiger partial charge is 0.206 e. The minimum atomic E-state index is -0.132. The third-order valence-corrected chi connectivity index (χ3v) is 3.65. The Morgan fingerprint density at radius 1 is 0.850 bits per heavy atom. The molecule has 0 radical (unpaired) electrons. The molecule has 1 heteroatoms. The van der Waals surface area contributed by atoms with E-state index < -0.39 is 0 Å². The lowest BCUT2D eigenvalue weighted by molar-refractivity contribution is 0.628. The molecule has 0 atom stereocenters. The van der Waals surface area contributed by atoms with Gasteiger partial charge < -0.3 is 0 Å². The van der Waals surface area contributed by atoms with Crippen molar-refractivity contribution in [3.05, 3.63) is 72.0 Å². The smallest absolute Gasteiger partial charge is 0.131 e. The zero-order valence-electron chi connectivity index (χ0n) is 11.6. The van der Waals surface area contributed by atoms with Gasteiger partial charge >= 0.3 is 0 Å². The molecule has 0 bridgehead atoms. The van der Waals surface area contributed by atoms with Crippen molar-refractivity contribution in [2.24, 2.45) is 0 Å². The van der Waals surface area contributed by atoms with E-state index in [4.69, 9.17) is 0 Å². The van der Waals surface area contributed by atoms with E-state index in [0.717, 1.165) is 34.7 Å². The van der Waals surface area contributed by atoms with Crippen molar-refractivity contribution in [3.63, 3.8) is 0 Å². The van der Waals surface area contributed by atoms with Crippen molar-refractivity contribution in [1.82, 2.24) is 0 Å². The molecule has 0 heterocycles. The highest BCUT2D eigenvalue weighted by Gasteiger charge is 2.09. The molecule has 0 aromatic heterocycles. The van der Waals surface area contributed by atoms with Gasteiger partial charge in [-0.05, 0) is 34.4 Å². The van der Waals surface area contributed by atoms with Crippen molar-refractivity contribution in [1.29, 1.82) is 0 Å². The molecule has 3 aromatic rings. The summed E-state index contributed by atoms with van der Waals surface area (Å²) < 4.78 is 14.4. The Labute approximate surface area is 118 Å². The summed E-state index contributed by atoms with van der Waals surface area (Å²) in [4.78, 5) is 0. The lowest BCUT2D eigenvalue weighted by atomic mass is 9.96. The van der Waals surface area contributed by atoms with E-state index in [0.29, 0.717) is 5.56 Å². The standard InChI is InChI=1S/C19H17F/c1-2-6-14-11-12-18(19(20)13-14)17-10-5-8-15-7-3-4-9-16(15)17/h3-5,7-13H,2,6H2,1H3. The molecule has 0 fully saturated rings. The lowest BCUT2D eigenvalue weighted by Gasteiger charge is -2.09. The van der Waals surface area contributed by atoms with Crippen LogP contribution in [0.5, 0.6) is 0 Å². The quantitative estimate of drug-likeness (QED) is 0.577. The monoisotopic (exact) mass is 264 g/mol. The van der Waals surface area contributed by atoms with Gasteiger partial charge in [-0.3, -0.25) is 0 Å². The summed E-state index contributed by atoms with van der Waals surface area (Å²) in [5.41, 5.74) is 2.71. The second kappa shape index (κ2) is 5.46. The first kappa shape index (κ1) is 12.9. The van der Waals surface area contributed by atoms with E-state index in [1.807, 2.05) is 42.5 Å². The van der Waals surface area contributed by atoms with E-state index >= 15 is 0 Å². The third kappa shape index (κ3) is 2.32. The second-order valence-corrected chi connectivity index (χ2v) is 5.09. The summed E-state index contributed by atoms with van der Waals surface area (Å²) in [7, 11) is 0. The van der Waals surface area contributed by atoms with Crippen molar-refractivity contribution in [3.8, 4) is 11.1 Å². The van der Waals surface area contributed by atoms with Crippen LogP contribution in [0, 0.1) is 5.82 Å². The number of benzene rings is 3. The molecular weight excluding hydrogens is 247 g/mol. The number of aryl methyl sites for hydroxylation is 1. The second-order valence-electron chi connectivity index (χ2n) is 5.09. The van der Waals surface area contributed by atoms with Crippen LogP contribution in [0.3, 0.4) is 0 Å². The van der Waals surface area contributed by atoms with Gasteiger partial charge in [-0.2, -0.15) is 0 Å². The summed E-state index contributed by atoms with van der Waals surface area (Å²) in [5.74, 6) is -0.132. The Morgan fingerprint density at radius 3 is 2.45 bits per heavy atom. The molecule has 0 aliphatic rings. The first-order chi connectivity index (χ1) is 9.79. The van der Waals surface area contributed by atoms with Gasteiger partial charge in [-0.25, -0.2) is 4.39 Å². The maximum Gasteiger partial charge on any atom is 0.131 e. The minimum Gasteiger partial charge on any atom is -0.206 e. The van der Waals surface area contributed by atoms with E-state index in [1.165, 1.54) is 0 Å². The van der Waals surface area contributed by atoms with Crippen molar-refractivity contribution >= 4 is 10.8 Å². The molecule has 0 aliphatic heterocycles. The Kier molecular flexibility index (Phi) is 3.51. The Morgan fingerprint density at radius 2 is 1.65 bits per heavy atom.